The first-order valence-corrected chi connectivity index (χ1v) is 7.09. The van der Waals surface area contributed by atoms with Crippen LogP contribution < -0.4 is 10.5 Å². The van der Waals surface area contributed by atoms with E-state index in [1.165, 1.54) is 27.5 Å². The Balaban J connectivity index is 2.13. The lowest BCUT2D eigenvalue weighted by molar-refractivity contribution is 0.415. The molecule has 0 aromatic heterocycles. The van der Waals surface area contributed by atoms with Crippen LogP contribution in [0.15, 0.2) is 54.6 Å². The molecule has 0 radical (unpaired) electrons. The second kappa shape index (κ2) is 5.58. The number of hydrogen-bond donors (Lipinski definition) is 1. The van der Waals surface area contributed by atoms with Crippen molar-refractivity contribution in [3.05, 3.63) is 65.7 Å². The van der Waals surface area contributed by atoms with Gasteiger partial charge in [-0.15, -0.1) is 0 Å². The molecule has 3 aromatic carbocycles. The first-order valence-electron chi connectivity index (χ1n) is 7.09. The lowest BCUT2D eigenvalue weighted by atomic mass is 9.96. The molecule has 2 N–H and O–H groups in total. The van der Waals surface area contributed by atoms with Crippen LogP contribution in [0.3, 0.4) is 0 Å². The third kappa shape index (κ3) is 2.63. The summed E-state index contributed by atoms with van der Waals surface area (Å²) in [5, 5.41) is 2.40. The SMILES string of the molecule is COc1ccc2cc(-c3cc(CN)ccc3C)ccc2c1. The average molecular weight is 277 g/mol. The molecule has 2 heteroatoms. The molecule has 0 bridgehead atoms. The van der Waals surface area contributed by atoms with Gasteiger partial charge >= 0.3 is 0 Å². The zero-order chi connectivity index (χ0) is 14.8. The van der Waals surface area contributed by atoms with Gasteiger partial charge in [0, 0.05) is 6.54 Å². The quantitative estimate of drug-likeness (QED) is 0.775. The van der Waals surface area contributed by atoms with Crippen molar-refractivity contribution in [3.8, 4) is 16.9 Å². The third-order valence-electron chi connectivity index (χ3n) is 3.90. The molecule has 0 saturated carbocycles. The minimum atomic E-state index is 0.568. The number of ether oxygens (including phenoxy) is 1. The third-order valence-corrected chi connectivity index (χ3v) is 3.90. The Morgan fingerprint density at radius 1 is 0.905 bits per heavy atom. The van der Waals surface area contributed by atoms with Crippen molar-refractivity contribution in [1.29, 1.82) is 0 Å². The first kappa shape index (κ1) is 13.7. The molecule has 0 aliphatic rings. The number of methoxy groups -OCH3 is 1. The molecule has 3 aromatic rings. The molecule has 21 heavy (non-hydrogen) atoms. The highest BCUT2D eigenvalue weighted by atomic mass is 16.5. The lowest BCUT2D eigenvalue weighted by Gasteiger charge is -2.10. The second-order valence-electron chi connectivity index (χ2n) is 5.28. The van der Waals surface area contributed by atoms with Gasteiger partial charge in [-0.3, -0.25) is 0 Å². The van der Waals surface area contributed by atoms with Gasteiger partial charge in [0.25, 0.3) is 0 Å². The summed E-state index contributed by atoms with van der Waals surface area (Å²) in [7, 11) is 1.69. The van der Waals surface area contributed by atoms with Crippen molar-refractivity contribution in [3.63, 3.8) is 0 Å². The molecule has 0 amide bonds. The number of fused-ring (bicyclic) bond motifs is 1. The van der Waals surface area contributed by atoms with Crippen molar-refractivity contribution in [2.75, 3.05) is 7.11 Å². The number of benzene rings is 3. The van der Waals surface area contributed by atoms with Crippen molar-refractivity contribution in [2.45, 2.75) is 13.5 Å². The van der Waals surface area contributed by atoms with Crippen LogP contribution in [0.2, 0.25) is 0 Å². The smallest absolute Gasteiger partial charge is 0.119 e. The maximum atomic E-state index is 5.76. The molecule has 0 spiro atoms. The van der Waals surface area contributed by atoms with Gasteiger partial charge in [-0.2, -0.15) is 0 Å². The van der Waals surface area contributed by atoms with E-state index in [2.05, 4.69) is 55.5 Å². The van der Waals surface area contributed by atoms with E-state index in [4.69, 9.17) is 10.5 Å². The summed E-state index contributed by atoms with van der Waals surface area (Å²) in [4.78, 5) is 0. The van der Waals surface area contributed by atoms with Crippen molar-refractivity contribution in [2.24, 2.45) is 5.73 Å². The van der Waals surface area contributed by atoms with Crippen molar-refractivity contribution < 1.29 is 4.74 Å². The van der Waals surface area contributed by atoms with Gasteiger partial charge in [-0.1, -0.05) is 30.3 Å². The standard InChI is InChI=1S/C19H19NO/c1-13-3-4-14(12-20)9-19(13)17-6-5-16-11-18(21-2)8-7-15(16)10-17/h3-11H,12,20H2,1-2H3. The summed E-state index contributed by atoms with van der Waals surface area (Å²) >= 11 is 0. The van der Waals surface area contributed by atoms with Crippen molar-refractivity contribution >= 4 is 10.8 Å². The lowest BCUT2D eigenvalue weighted by Crippen LogP contribution is -1.97. The van der Waals surface area contributed by atoms with Crippen LogP contribution in [0.4, 0.5) is 0 Å². The van der Waals surface area contributed by atoms with Crippen LogP contribution in [-0.2, 0) is 6.54 Å². The zero-order valence-corrected chi connectivity index (χ0v) is 12.4. The molecule has 0 aliphatic heterocycles. The first-order chi connectivity index (χ1) is 10.2. The predicted molar refractivity (Wildman–Crippen MR) is 88.6 cm³/mol. The maximum absolute atomic E-state index is 5.76. The fourth-order valence-electron chi connectivity index (χ4n) is 2.63. The van der Waals surface area contributed by atoms with Gasteiger partial charge in [-0.05, 0) is 64.2 Å². The van der Waals surface area contributed by atoms with E-state index < -0.39 is 0 Å². The minimum Gasteiger partial charge on any atom is -0.497 e. The molecule has 0 atom stereocenters. The predicted octanol–water partition coefficient (Wildman–Crippen LogP) is 4.28. The molecule has 2 nitrogen and oxygen atoms in total. The van der Waals surface area contributed by atoms with Gasteiger partial charge in [0.15, 0.2) is 0 Å². The summed E-state index contributed by atoms with van der Waals surface area (Å²) in [6.45, 7) is 2.70. The largest absolute Gasteiger partial charge is 0.497 e. The summed E-state index contributed by atoms with van der Waals surface area (Å²) in [6.07, 6.45) is 0. The summed E-state index contributed by atoms with van der Waals surface area (Å²) in [5.41, 5.74) is 10.6. The molecule has 0 fully saturated rings. The Hall–Kier alpha value is -2.32. The van der Waals surface area contributed by atoms with Crippen LogP contribution in [0.1, 0.15) is 11.1 Å². The topological polar surface area (TPSA) is 35.2 Å². The van der Waals surface area contributed by atoms with E-state index in [1.807, 2.05) is 6.07 Å². The van der Waals surface area contributed by atoms with Crippen LogP contribution in [0, 0.1) is 6.92 Å². The van der Waals surface area contributed by atoms with Crippen LogP contribution in [0.25, 0.3) is 21.9 Å². The van der Waals surface area contributed by atoms with E-state index >= 15 is 0 Å². The van der Waals surface area contributed by atoms with Crippen molar-refractivity contribution in [1.82, 2.24) is 0 Å². The van der Waals surface area contributed by atoms with E-state index in [1.54, 1.807) is 7.11 Å². The van der Waals surface area contributed by atoms with E-state index in [-0.39, 0.29) is 0 Å². The highest BCUT2D eigenvalue weighted by Gasteiger charge is 2.05. The highest BCUT2D eigenvalue weighted by Crippen LogP contribution is 2.29. The van der Waals surface area contributed by atoms with Crippen LogP contribution in [0.5, 0.6) is 5.75 Å². The molecule has 0 heterocycles. The second-order valence-corrected chi connectivity index (χ2v) is 5.28. The summed E-state index contributed by atoms with van der Waals surface area (Å²) in [6, 6.07) is 19.1. The Morgan fingerprint density at radius 3 is 2.43 bits per heavy atom. The van der Waals surface area contributed by atoms with Gasteiger partial charge < -0.3 is 10.5 Å². The minimum absolute atomic E-state index is 0.568. The number of aryl methyl sites for hydroxylation is 1. The number of nitrogens with two attached hydrogens (primary N) is 1. The van der Waals surface area contributed by atoms with Gasteiger partial charge in [-0.25, -0.2) is 0 Å². The van der Waals surface area contributed by atoms with Gasteiger partial charge in [0.1, 0.15) is 5.75 Å². The molecular formula is C19H19NO. The molecule has 0 aliphatic carbocycles. The van der Waals surface area contributed by atoms with E-state index in [0.717, 1.165) is 11.3 Å². The van der Waals surface area contributed by atoms with Gasteiger partial charge in [0.05, 0.1) is 7.11 Å². The van der Waals surface area contributed by atoms with E-state index in [0.29, 0.717) is 6.54 Å². The van der Waals surface area contributed by atoms with Crippen LogP contribution >= 0.6 is 0 Å². The Kier molecular flexibility index (Phi) is 3.63. The maximum Gasteiger partial charge on any atom is 0.119 e. The van der Waals surface area contributed by atoms with Crippen LogP contribution in [-0.4, -0.2) is 7.11 Å². The van der Waals surface area contributed by atoms with Gasteiger partial charge in [0.2, 0.25) is 0 Å². The molecule has 106 valence electrons. The summed E-state index contributed by atoms with van der Waals surface area (Å²) in [5.74, 6) is 0.886. The Morgan fingerprint density at radius 2 is 1.67 bits per heavy atom. The molecule has 3 rings (SSSR count). The fourth-order valence-corrected chi connectivity index (χ4v) is 2.63. The number of rotatable bonds is 3. The monoisotopic (exact) mass is 277 g/mol. The average Bonchev–Trinajstić information content (AvgIpc) is 2.54. The summed E-state index contributed by atoms with van der Waals surface area (Å²) < 4.78 is 5.27. The van der Waals surface area contributed by atoms with E-state index in [9.17, 15) is 0 Å². The zero-order valence-electron chi connectivity index (χ0n) is 12.4. The normalized spacial score (nSPS) is 10.8. The number of hydrogen-bond acceptors (Lipinski definition) is 2. The molecular weight excluding hydrogens is 258 g/mol. The molecule has 0 saturated heterocycles. The highest BCUT2D eigenvalue weighted by molar-refractivity contribution is 5.88. The Labute approximate surface area is 125 Å². The Bertz CT molecular complexity index is 793. The molecule has 0 unspecified atom stereocenters. The fraction of sp³-hybridized carbons (Fsp3) is 0.158.